The first-order valence-corrected chi connectivity index (χ1v) is 10.5. The van der Waals surface area contributed by atoms with E-state index in [0.29, 0.717) is 13.0 Å². The van der Waals surface area contributed by atoms with Gasteiger partial charge in [-0.2, -0.15) is 0 Å². The van der Waals surface area contributed by atoms with Crippen molar-refractivity contribution in [2.24, 2.45) is 0 Å². The second-order valence-corrected chi connectivity index (χ2v) is 9.58. The largest absolute Gasteiger partial charge is 0.328 e. The minimum atomic E-state index is -3.89. The molecule has 2 aromatic heterocycles. The zero-order valence-corrected chi connectivity index (χ0v) is 15.3. The van der Waals surface area contributed by atoms with Gasteiger partial charge < -0.3 is 4.90 Å². The Hall–Kier alpha value is -1.71. The van der Waals surface area contributed by atoms with Crippen molar-refractivity contribution in [3.05, 3.63) is 39.9 Å². The molecule has 1 fully saturated rings. The number of carbonyl (C=O) groups is 2. The molecule has 128 valence electrons. The summed E-state index contributed by atoms with van der Waals surface area (Å²) < 4.78 is 26.6. The number of likely N-dealkylation sites (tertiary alicyclic amines) is 1. The maximum Gasteiger partial charge on any atom is 0.273 e. The molecule has 0 aliphatic carbocycles. The second kappa shape index (κ2) is 6.30. The van der Waals surface area contributed by atoms with E-state index in [-0.39, 0.29) is 16.5 Å². The predicted molar refractivity (Wildman–Crippen MR) is 92.4 cm³/mol. The molecule has 1 atom stereocenters. The fourth-order valence-electron chi connectivity index (χ4n) is 2.55. The third-order valence-electron chi connectivity index (χ3n) is 4.10. The standard InChI is InChI=1S/C15H16N2O4S3/c1-15(14(19)16-24(20,21)13-5-3-9-23-13)6-7-17(15)12(18)10-11-4-2-8-22-11/h2-5,8-9H,6-7,10H2,1H3,(H,16,19). The molecule has 0 spiro atoms. The van der Waals surface area contributed by atoms with Crippen LogP contribution in [-0.2, 0) is 26.0 Å². The van der Waals surface area contributed by atoms with Crippen molar-refractivity contribution < 1.29 is 18.0 Å². The number of hydrogen-bond acceptors (Lipinski definition) is 6. The summed E-state index contributed by atoms with van der Waals surface area (Å²) in [5.74, 6) is -0.837. The topological polar surface area (TPSA) is 83.6 Å². The molecule has 0 aromatic carbocycles. The monoisotopic (exact) mass is 384 g/mol. The summed E-state index contributed by atoms with van der Waals surface area (Å²) in [4.78, 5) is 27.3. The van der Waals surface area contributed by atoms with Crippen LogP contribution >= 0.6 is 22.7 Å². The second-order valence-electron chi connectivity index (χ2n) is 5.69. The highest BCUT2D eigenvalue weighted by atomic mass is 32.2. The molecular formula is C15H16N2O4S3. The predicted octanol–water partition coefficient (Wildman–Crippen LogP) is 1.85. The Kier molecular flexibility index (Phi) is 4.50. The lowest BCUT2D eigenvalue weighted by molar-refractivity contribution is -0.156. The zero-order valence-electron chi connectivity index (χ0n) is 12.9. The Labute approximate surface area is 148 Å². The van der Waals surface area contributed by atoms with Gasteiger partial charge in [-0.3, -0.25) is 9.59 Å². The number of hydrogen-bond donors (Lipinski definition) is 1. The maximum atomic E-state index is 12.5. The van der Waals surface area contributed by atoms with E-state index in [1.54, 1.807) is 18.4 Å². The highest BCUT2D eigenvalue weighted by Gasteiger charge is 2.50. The molecule has 2 amide bonds. The number of nitrogens with one attached hydrogen (secondary N) is 1. The molecule has 2 aromatic rings. The van der Waals surface area contributed by atoms with E-state index < -0.39 is 21.5 Å². The van der Waals surface area contributed by atoms with Gasteiger partial charge in [0.15, 0.2) is 0 Å². The molecule has 9 heteroatoms. The van der Waals surface area contributed by atoms with E-state index in [1.165, 1.54) is 22.3 Å². The van der Waals surface area contributed by atoms with Crippen molar-refractivity contribution in [2.45, 2.75) is 29.5 Å². The number of nitrogens with zero attached hydrogens (tertiary/aromatic N) is 1. The highest BCUT2D eigenvalue weighted by Crippen LogP contribution is 2.32. The molecule has 0 bridgehead atoms. The van der Waals surface area contributed by atoms with E-state index in [4.69, 9.17) is 0 Å². The Morgan fingerprint density at radius 3 is 2.50 bits per heavy atom. The van der Waals surface area contributed by atoms with Gasteiger partial charge in [0.25, 0.3) is 15.9 Å². The lowest BCUT2D eigenvalue weighted by Gasteiger charge is -2.48. The van der Waals surface area contributed by atoms with Crippen LogP contribution in [0.1, 0.15) is 18.2 Å². The van der Waals surface area contributed by atoms with Crippen LogP contribution < -0.4 is 4.72 Å². The number of carbonyl (C=O) groups excluding carboxylic acids is 2. The van der Waals surface area contributed by atoms with Gasteiger partial charge >= 0.3 is 0 Å². The minimum Gasteiger partial charge on any atom is -0.328 e. The molecule has 3 heterocycles. The van der Waals surface area contributed by atoms with Crippen LogP contribution in [0.4, 0.5) is 0 Å². The summed E-state index contributed by atoms with van der Waals surface area (Å²) in [6.07, 6.45) is 0.660. The van der Waals surface area contributed by atoms with Gasteiger partial charge in [-0.25, -0.2) is 13.1 Å². The van der Waals surface area contributed by atoms with Crippen LogP contribution in [0.25, 0.3) is 0 Å². The van der Waals surface area contributed by atoms with Crippen molar-refractivity contribution in [2.75, 3.05) is 6.54 Å². The van der Waals surface area contributed by atoms with Crippen LogP contribution in [0, 0.1) is 0 Å². The van der Waals surface area contributed by atoms with E-state index >= 15 is 0 Å². The Morgan fingerprint density at radius 2 is 1.96 bits per heavy atom. The van der Waals surface area contributed by atoms with Crippen molar-refractivity contribution in [1.82, 2.24) is 9.62 Å². The molecule has 1 aliphatic rings. The molecule has 6 nitrogen and oxygen atoms in total. The first-order valence-electron chi connectivity index (χ1n) is 7.26. The maximum absolute atomic E-state index is 12.5. The molecule has 24 heavy (non-hydrogen) atoms. The van der Waals surface area contributed by atoms with E-state index in [9.17, 15) is 18.0 Å². The molecule has 1 aliphatic heterocycles. The van der Waals surface area contributed by atoms with Gasteiger partial charge in [0, 0.05) is 11.4 Å². The summed E-state index contributed by atoms with van der Waals surface area (Å²) in [5.41, 5.74) is -1.13. The number of thiophene rings is 2. The number of rotatable bonds is 5. The third kappa shape index (κ3) is 3.11. The molecule has 1 N–H and O–H groups in total. The van der Waals surface area contributed by atoms with Gasteiger partial charge in [0.05, 0.1) is 6.42 Å². The lowest BCUT2D eigenvalue weighted by Crippen LogP contribution is -2.68. The summed E-state index contributed by atoms with van der Waals surface area (Å²) in [7, 11) is -3.89. The van der Waals surface area contributed by atoms with E-state index in [0.717, 1.165) is 16.2 Å². The average Bonchev–Trinajstić information content (AvgIpc) is 3.17. The molecule has 1 saturated heterocycles. The minimum absolute atomic E-state index is 0.0789. The summed E-state index contributed by atoms with van der Waals surface area (Å²) in [6, 6.07) is 6.76. The van der Waals surface area contributed by atoms with Crippen LogP contribution in [0.5, 0.6) is 0 Å². The third-order valence-corrected chi connectivity index (χ3v) is 7.71. The van der Waals surface area contributed by atoms with Gasteiger partial charge in [0.1, 0.15) is 9.75 Å². The van der Waals surface area contributed by atoms with E-state index in [2.05, 4.69) is 4.72 Å². The summed E-state index contributed by atoms with van der Waals surface area (Å²) in [6.45, 7) is 2.05. The fraction of sp³-hybridized carbons (Fsp3) is 0.333. The Morgan fingerprint density at radius 1 is 1.25 bits per heavy atom. The van der Waals surface area contributed by atoms with Crippen LogP contribution in [0.15, 0.2) is 39.2 Å². The molecule has 1 unspecified atom stereocenters. The normalized spacial score (nSPS) is 20.5. The SMILES string of the molecule is CC1(C(=O)NS(=O)(=O)c2cccs2)CCN1C(=O)Cc1cccs1. The molecule has 0 radical (unpaired) electrons. The van der Waals surface area contributed by atoms with Crippen molar-refractivity contribution in [1.29, 1.82) is 0 Å². The van der Waals surface area contributed by atoms with Crippen molar-refractivity contribution >= 4 is 44.5 Å². The quantitative estimate of drug-likeness (QED) is 0.853. The smallest absolute Gasteiger partial charge is 0.273 e. The van der Waals surface area contributed by atoms with E-state index in [1.807, 2.05) is 17.5 Å². The lowest BCUT2D eigenvalue weighted by atomic mass is 9.85. The average molecular weight is 385 g/mol. The Balaban J connectivity index is 1.71. The number of sulfonamides is 1. The van der Waals surface area contributed by atoms with Crippen LogP contribution in [0.3, 0.4) is 0 Å². The molecular weight excluding hydrogens is 368 g/mol. The summed E-state index contributed by atoms with van der Waals surface area (Å²) in [5, 5.41) is 3.51. The summed E-state index contributed by atoms with van der Waals surface area (Å²) >= 11 is 2.51. The van der Waals surface area contributed by atoms with Gasteiger partial charge in [-0.15, -0.1) is 22.7 Å². The zero-order chi connectivity index (χ0) is 17.4. The van der Waals surface area contributed by atoms with Crippen LogP contribution in [0.2, 0.25) is 0 Å². The molecule has 0 saturated carbocycles. The Bertz CT molecular complexity index is 843. The van der Waals surface area contributed by atoms with Crippen molar-refractivity contribution in [3.63, 3.8) is 0 Å². The van der Waals surface area contributed by atoms with Gasteiger partial charge in [-0.05, 0) is 36.2 Å². The number of amides is 2. The first-order chi connectivity index (χ1) is 11.3. The molecule has 3 rings (SSSR count). The first kappa shape index (κ1) is 17.1. The van der Waals surface area contributed by atoms with Gasteiger partial charge in [0.2, 0.25) is 5.91 Å². The highest BCUT2D eigenvalue weighted by molar-refractivity contribution is 7.92. The van der Waals surface area contributed by atoms with Crippen molar-refractivity contribution in [3.8, 4) is 0 Å². The van der Waals surface area contributed by atoms with Crippen LogP contribution in [-0.4, -0.2) is 37.2 Å². The fourth-order valence-corrected chi connectivity index (χ4v) is 5.32. The van der Waals surface area contributed by atoms with Gasteiger partial charge in [-0.1, -0.05) is 12.1 Å².